The van der Waals surface area contributed by atoms with Crippen LogP contribution in [0.4, 0.5) is 4.39 Å². The molecule has 0 spiro atoms. The highest BCUT2D eigenvalue weighted by molar-refractivity contribution is 5.95. The van der Waals surface area contributed by atoms with E-state index in [1.807, 2.05) is 6.07 Å². The van der Waals surface area contributed by atoms with Gasteiger partial charge in [-0.2, -0.15) is 5.26 Å². The number of aldehydes is 1. The van der Waals surface area contributed by atoms with E-state index in [0.717, 1.165) is 12.4 Å². The molecular formula is C15H16FN3O2. The Morgan fingerprint density at radius 1 is 1.57 bits per heavy atom. The predicted molar refractivity (Wildman–Crippen MR) is 75.9 cm³/mol. The second kappa shape index (κ2) is 7.80. The Kier molecular flexibility index (Phi) is 6.08. The minimum atomic E-state index is -0.712. The molecule has 0 radical (unpaired) electrons. The number of nitrogens with zero attached hydrogens (tertiary/aromatic N) is 1. The molecule has 1 aromatic carbocycles. The Labute approximate surface area is 122 Å². The largest absolute Gasteiger partial charge is 0.390 e. The molecule has 2 N–H and O–H groups in total. The molecule has 0 saturated carbocycles. The summed E-state index contributed by atoms with van der Waals surface area (Å²) in [7, 11) is 1.64. The molecule has 0 aliphatic rings. The molecule has 6 heteroatoms. The highest BCUT2D eigenvalue weighted by atomic mass is 19.1. The van der Waals surface area contributed by atoms with Crippen molar-refractivity contribution in [2.24, 2.45) is 0 Å². The minimum Gasteiger partial charge on any atom is -0.390 e. The molecule has 1 atom stereocenters. The van der Waals surface area contributed by atoms with Gasteiger partial charge in [-0.05, 0) is 24.6 Å². The number of hydrogen-bond donors (Lipinski definition) is 2. The maximum Gasteiger partial charge on any atom is 0.254 e. The van der Waals surface area contributed by atoms with Gasteiger partial charge in [-0.3, -0.25) is 4.79 Å². The topological polar surface area (TPSA) is 82.0 Å². The van der Waals surface area contributed by atoms with Crippen LogP contribution >= 0.6 is 0 Å². The molecule has 0 aliphatic heterocycles. The van der Waals surface area contributed by atoms with Crippen molar-refractivity contribution in [2.75, 3.05) is 7.05 Å². The van der Waals surface area contributed by atoms with E-state index in [1.165, 1.54) is 12.1 Å². The summed E-state index contributed by atoms with van der Waals surface area (Å²) in [6, 6.07) is 4.89. The van der Waals surface area contributed by atoms with Crippen LogP contribution in [0.1, 0.15) is 28.8 Å². The van der Waals surface area contributed by atoms with Crippen LogP contribution in [0.25, 0.3) is 0 Å². The average Bonchev–Trinajstić information content (AvgIpc) is 2.50. The molecule has 21 heavy (non-hydrogen) atoms. The van der Waals surface area contributed by atoms with Crippen LogP contribution in [0.3, 0.4) is 0 Å². The molecule has 5 nitrogen and oxygen atoms in total. The van der Waals surface area contributed by atoms with E-state index >= 15 is 0 Å². The quantitative estimate of drug-likeness (QED) is 0.745. The molecule has 0 bridgehead atoms. The lowest BCUT2D eigenvalue weighted by Crippen LogP contribution is -2.39. The van der Waals surface area contributed by atoms with E-state index in [4.69, 9.17) is 5.26 Å². The lowest BCUT2D eigenvalue weighted by atomic mass is 10.1. The fourth-order valence-corrected chi connectivity index (χ4v) is 1.75. The third kappa shape index (κ3) is 4.42. The number of hydrogen-bond acceptors (Lipinski definition) is 4. The maximum absolute atomic E-state index is 13.7. The Balaban J connectivity index is 2.93. The van der Waals surface area contributed by atoms with Gasteiger partial charge in [0.2, 0.25) is 0 Å². The molecule has 0 saturated heterocycles. The second-order valence-corrected chi connectivity index (χ2v) is 4.35. The van der Waals surface area contributed by atoms with Crippen LogP contribution in [0, 0.1) is 17.1 Å². The monoisotopic (exact) mass is 289 g/mol. The van der Waals surface area contributed by atoms with Crippen LogP contribution < -0.4 is 10.6 Å². The lowest BCUT2D eigenvalue weighted by molar-refractivity contribution is -0.108. The zero-order valence-corrected chi connectivity index (χ0v) is 11.6. The van der Waals surface area contributed by atoms with Crippen molar-refractivity contribution >= 4 is 12.2 Å². The molecule has 1 rings (SSSR count). The third-order valence-corrected chi connectivity index (χ3v) is 2.96. The van der Waals surface area contributed by atoms with E-state index in [1.54, 1.807) is 7.05 Å². The van der Waals surface area contributed by atoms with Gasteiger partial charge in [-0.1, -0.05) is 6.58 Å². The number of carbonyl (C=O) groups excluding carboxylic acids is 2. The van der Waals surface area contributed by atoms with Gasteiger partial charge in [0.1, 0.15) is 12.1 Å². The number of benzene rings is 1. The average molecular weight is 289 g/mol. The van der Waals surface area contributed by atoms with Gasteiger partial charge in [0.25, 0.3) is 5.91 Å². The molecule has 0 heterocycles. The van der Waals surface area contributed by atoms with Gasteiger partial charge in [0, 0.05) is 19.2 Å². The number of halogens is 1. The third-order valence-electron chi connectivity index (χ3n) is 2.96. The maximum atomic E-state index is 13.7. The summed E-state index contributed by atoms with van der Waals surface area (Å²) >= 11 is 0. The number of nitriles is 1. The lowest BCUT2D eigenvalue weighted by Gasteiger charge is -2.20. The van der Waals surface area contributed by atoms with Gasteiger partial charge >= 0.3 is 0 Å². The van der Waals surface area contributed by atoms with Gasteiger partial charge in [0.05, 0.1) is 23.2 Å². The van der Waals surface area contributed by atoms with E-state index in [9.17, 15) is 14.0 Å². The summed E-state index contributed by atoms with van der Waals surface area (Å²) in [4.78, 5) is 22.6. The summed E-state index contributed by atoms with van der Waals surface area (Å²) in [6.45, 7) is 3.74. The Hall–Kier alpha value is -2.68. The van der Waals surface area contributed by atoms with Crippen LogP contribution in [0.5, 0.6) is 0 Å². The Morgan fingerprint density at radius 2 is 2.29 bits per heavy atom. The van der Waals surface area contributed by atoms with Crippen molar-refractivity contribution in [2.45, 2.75) is 18.9 Å². The highest BCUT2D eigenvalue weighted by Gasteiger charge is 2.18. The fraction of sp³-hybridized carbons (Fsp3) is 0.267. The minimum absolute atomic E-state index is 0.193. The van der Waals surface area contributed by atoms with Crippen molar-refractivity contribution in [3.05, 3.63) is 47.4 Å². The molecule has 110 valence electrons. The van der Waals surface area contributed by atoms with Gasteiger partial charge in [-0.25, -0.2) is 4.39 Å². The second-order valence-electron chi connectivity index (χ2n) is 4.35. The molecule has 1 unspecified atom stereocenters. The van der Waals surface area contributed by atoms with Crippen LogP contribution in [-0.2, 0) is 4.79 Å². The SMILES string of the molecule is C=C(NC)C(CCC=O)NC(=O)c1cc(C#N)ccc1F. The van der Waals surface area contributed by atoms with Gasteiger partial charge < -0.3 is 15.4 Å². The standard InChI is InChI=1S/C15H16FN3O2/c1-10(18-2)14(4-3-7-20)19-15(21)12-8-11(9-17)5-6-13(12)16/h5-8,14,18H,1,3-4H2,2H3,(H,19,21). The summed E-state index contributed by atoms with van der Waals surface area (Å²) in [6.07, 6.45) is 1.33. The van der Waals surface area contributed by atoms with Crippen LogP contribution in [0.2, 0.25) is 0 Å². The molecule has 0 fully saturated rings. The first-order chi connectivity index (χ1) is 10.0. The molecule has 1 amide bonds. The number of nitrogens with one attached hydrogen (secondary N) is 2. The first-order valence-electron chi connectivity index (χ1n) is 6.34. The summed E-state index contributed by atoms with van der Waals surface area (Å²) in [5.74, 6) is -1.37. The zero-order chi connectivity index (χ0) is 15.8. The normalized spacial score (nSPS) is 11.1. The molecule has 0 aromatic heterocycles. The molecule has 0 aliphatic carbocycles. The van der Waals surface area contributed by atoms with Crippen LogP contribution in [-0.4, -0.2) is 25.3 Å². The van der Waals surface area contributed by atoms with Crippen molar-refractivity contribution in [3.63, 3.8) is 0 Å². The number of rotatable bonds is 7. The molecule has 1 aromatic rings. The van der Waals surface area contributed by atoms with E-state index < -0.39 is 17.8 Å². The smallest absolute Gasteiger partial charge is 0.254 e. The van der Waals surface area contributed by atoms with E-state index in [2.05, 4.69) is 17.2 Å². The van der Waals surface area contributed by atoms with E-state index in [-0.39, 0.29) is 17.5 Å². The van der Waals surface area contributed by atoms with Crippen molar-refractivity contribution in [1.82, 2.24) is 10.6 Å². The van der Waals surface area contributed by atoms with E-state index in [0.29, 0.717) is 12.1 Å². The fourth-order valence-electron chi connectivity index (χ4n) is 1.75. The number of amides is 1. The highest BCUT2D eigenvalue weighted by Crippen LogP contribution is 2.12. The molecular weight excluding hydrogens is 273 g/mol. The summed E-state index contributed by atoms with van der Waals surface area (Å²) in [5, 5.41) is 14.2. The predicted octanol–water partition coefficient (Wildman–Crippen LogP) is 1.51. The number of likely N-dealkylation sites (N-methyl/N-ethyl adjacent to an activating group) is 1. The Bertz CT molecular complexity index is 593. The van der Waals surface area contributed by atoms with Gasteiger partial charge in [0.15, 0.2) is 0 Å². The van der Waals surface area contributed by atoms with Crippen molar-refractivity contribution in [3.8, 4) is 6.07 Å². The van der Waals surface area contributed by atoms with Crippen molar-refractivity contribution in [1.29, 1.82) is 5.26 Å². The first-order valence-corrected chi connectivity index (χ1v) is 6.34. The first kappa shape index (κ1) is 16.4. The number of carbonyl (C=O) groups is 2. The summed E-state index contributed by atoms with van der Waals surface area (Å²) in [5.41, 5.74) is 0.495. The summed E-state index contributed by atoms with van der Waals surface area (Å²) < 4.78 is 13.7. The van der Waals surface area contributed by atoms with Crippen LogP contribution in [0.15, 0.2) is 30.5 Å². The Morgan fingerprint density at radius 3 is 2.86 bits per heavy atom. The zero-order valence-electron chi connectivity index (χ0n) is 11.6. The van der Waals surface area contributed by atoms with Crippen molar-refractivity contribution < 1.29 is 14.0 Å². The van der Waals surface area contributed by atoms with Gasteiger partial charge in [-0.15, -0.1) is 0 Å².